The molecule has 0 aromatic rings. The number of hydrogen-bond donors (Lipinski definition) is 1. The smallest absolute Gasteiger partial charge is 0.168 e. The predicted molar refractivity (Wildman–Crippen MR) is 43.6 cm³/mol. The van der Waals surface area contributed by atoms with Crippen LogP contribution in [0, 0.1) is 11.3 Å². The molecule has 0 saturated carbocycles. The van der Waals surface area contributed by atoms with Gasteiger partial charge in [-0.1, -0.05) is 19.6 Å². The van der Waals surface area contributed by atoms with Gasteiger partial charge in [0, 0.05) is 0 Å². The number of rotatable bonds is 2. The number of aliphatic hydroxyl groups is 1. The van der Waals surface area contributed by atoms with E-state index >= 15 is 0 Å². The fourth-order valence-corrected chi connectivity index (χ4v) is 2.87. The van der Waals surface area contributed by atoms with E-state index in [-0.39, 0.29) is 11.8 Å². The Morgan fingerprint density at radius 1 is 1.55 bits per heavy atom. The minimum atomic E-state index is -1.30. The van der Waals surface area contributed by atoms with Crippen LogP contribution in [0.2, 0.25) is 19.6 Å². The maximum atomic E-state index is 9.07. The van der Waals surface area contributed by atoms with Crippen molar-refractivity contribution in [3.8, 4) is 6.07 Å². The van der Waals surface area contributed by atoms with Crippen LogP contribution in [0.15, 0.2) is 0 Å². The Labute approximate surface area is 67.6 Å². The molecule has 1 aliphatic heterocycles. The van der Waals surface area contributed by atoms with Crippen LogP contribution in [-0.4, -0.2) is 31.1 Å². The van der Waals surface area contributed by atoms with E-state index in [0.29, 0.717) is 0 Å². The molecule has 0 radical (unpaired) electrons. The van der Waals surface area contributed by atoms with Crippen molar-refractivity contribution < 1.29 is 9.84 Å². The number of nitrogens with zero attached hydrogens (tertiary/aromatic N) is 1. The molecule has 0 spiro atoms. The van der Waals surface area contributed by atoms with Crippen molar-refractivity contribution in [1.82, 2.24) is 0 Å². The molecule has 0 aromatic carbocycles. The van der Waals surface area contributed by atoms with E-state index in [2.05, 4.69) is 19.6 Å². The molecule has 0 amide bonds. The summed E-state index contributed by atoms with van der Waals surface area (Å²) in [5, 5.41) is 17.4. The molecule has 0 aliphatic carbocycles. The zero-order chi connectivity index (χ0) is 8.65. The Kier molecular flexibility index (Phi) is 2.05. The number of ether oxygens (including phenoxy) is 1. The molecule has 0 bridgehead atoms. The zero-order valence-electron chi connectivity index (χ0n) is 7.03. The highest BCUT2D eigenvalue weighted by Gasteiger charge is 2.52. The van der Waals surface area contributed by atoms with Gasteiger partial charge < -0.3 is 9.84 Å². The van der Waals surface area contributed by atoms with Crippen LogP contribution in [0.1, 0.15) is 0 Å². The molecular formula is C7H13NO2Si. The minimum absolute atomic E-state index is 0.178. The van der Waals surface area contributed by atoms with Crippen LogP contribution in [0.5, 0.6) is 0 Å². The second-order valence-electron chi connectivity index (χ2n) is 3.96. The minimum Gasteiger partial charge on any atom is -0.375 e. The van der Waals surface area contributed by atoms with Crippen molar-refractivity contribution in [2.45, 2.75) is 37.6 Å². The molecular weight excluding hydrogens is 158 g/mol. The summed E-state index contributed by atoms with van der Waals surface area (Å²) < 4.78 is 5.22. The number of epoxide rings is 1. The summed E-state index contributed by atoms with van der Waals surface area (Å²) in [6.45, 7) is 6.51. The van der Waals surface area contributed by atoms with Crippen molar-refractivity contribution in [2.24, 2.45) is 0 Å². The predicted octanol–water partition coefficient (Wildman–Crippen LogP) is 0.516. The molecule has 1 unspecified atom stereocenters. The van der Waals surface area contributed by atoms with Gasteiger partial charge in [0.15, 0.2) is 6.10 Å². The van der Waals surface area contributed by atoms with Gasteiger partial charge in [0.2, 0.25) is 0 Å². The largest absolute Gasteiger partial charge is 0.375 e. The first-order valence-corrected chi connectivity index (χ1v) is 7.27. The third kappa shape index (κ3) is 1.80. The van der Waals surface area contributed by atoms with E-state index in [4.69, 9.17) is 15.1 Å². The molecule has 1 saturated heterocycles. The van der Waals surface area contributed by atoms with Gasteiger partial charge >= 0.3 is 0 Å². The third-order valence-electron chi connectivity index (χ3n) is 1.82. The third-order valence-corrected chi connectivity index (χ3v) is 3.99. The van der Waals surface area contributed by atoms with Crippen molar-refractivity contribution >= 4 is 8.07 Å². The molecule has 0 aromatic heterocycles. The van der Waals surface area contributed by atoms with Crippen LogP contribution < -0.4 is 0 Å². The summed E-state index contributed by atoms with van der Waals surface area (Å²) >= 11 is 0. The van der Waals surface area contributed by atoms with Crippen molar-refractivity contribution in [3.63, 3.8) is 0 Å². The van der Waals surface area contributed by atoms with Crippen molar-refractivity contribution in [2.75, 3.05) is 0 Å². The average Bonchev–Trinajstić information content (AvgIpc) is 2.62. The fourth-order valence-electron chi connectivity index (χ4n) is 1.13. The van der Waals surface area contributed by atoms with Crippen molar-refractivity contribution in [1.29, 1.82) is 5.26 Å². The summed E-state index contributed by atoms with van der Waals surface area (Å²) in [4.78, 5) is 0. The summed E-state index contributed by atoms with van der Waals surface area (Å²) in [6.07, 6.45) is -1.13. The number of hydrogen-bond acceptors (Lipinski definition) is 3. The Morgan fingerprint density at radius 2 is 2.09 bits per heavy atom. The van der Waals surface area contributed by atoms with E-state index in [9.17, 15) is 0 Å². The fraction of sp³-hybridized carbons (Fsp3) is 0.857. The van der Waals surface area contributed by atoms with Gasteiger partial charge in [-0.2, -0.15) is 5.26 Å². The van der Waals surface area contributed by atoms with Crippen LogP contribution in [0.25, 0.3) is 0 Å². The normalized spacial score (nSPS) is 32.6. The maximum Gasteiger partial charge on any atom is 0.168 e. The quantitative estimate of drug-likeness (QED) is 0.374. The summed E-state index contributed by atoms with van der Waals surface area (Å²) in [7, 11) is -1.30. The number of nitriles is 1. The summed E-state index contributed by atoms with van der Waals surface area (Å²) in [5.41, 5.74) is 0.178. The Bertz CT molecular complexity index is 194. The van der Waals surface area contributed by atoms with Gasteiger partial charge in [0.25, 0.3) is 0 Å². The molecule has 62 valence electrons. The lowest BCUT2D eigenvalue weighted by atomic mass is 10.3. The second kappa shape index (κ2) is 2.59. The monoisotopic (exact) mass is 171 g/mol. The van der Waals surface area contributed by atoms with Crippen LogP contribution in [0.3, 0.4) is 0 Å². The highest BCUT2D eigenvalue weighted by atomic mass is 28.3. The first-order valence-electron chi connectivity index (χ1n) is 3.70. The van der Waals surface area contributed by atoms with Gasteiger partial charge in [0.1, 0.15) is 6.10 Å². The first kappa shape index (κ1) is 8.72. The summed E-state index contributed by atoms with van der Waals surface area (Å²) in [6, 6.07) is 1.78. The van der Waals surface area contributed by atoms with Gasteiger partial charge in [-0.25, -0.2) is 0 Å². The molecule has 1 fully saturated rings. The maximum absolute atomic E-state index is 9.07. The summed E-state index contributed by atoms with van der Waals surface area (Å²) in [5.74, 6) is 0. The molecule has 3 atom stereocenters. The van der Waals surface area contributed by atoms with Crippen LogP contribution in [0.4, 0.5) is 0 Å². The van der Waals surface area contributed by atoms with E-state index in [1.807, 2.05) is 0 Å². The number of aliphatic hydroxyl groups excluding tert-OH is 1. The van der Waals surface area contributed by atoms with Crippen LogP contribution in [-0.2, 0) is 4.74 Å². The Morgan fingerprint density at radius 3 is 2.36 bits per heavy atom. The molecule has 1 aliphatic rings. The molecule has 4 heteroatoms. The van der Waals surface area contributed by atoms with Crippen molar-refractivity contribution in [3.05, 3.63) is 0 Å². The zero-order valence-corrected chi connectivity index (χ0v) is 8.03. The lowest BCUT2D eigenvalue weighted by Crippen LogP contribution is -2.33. The Hall–Kier alpha value is -0.373. The topological polar surface area (TPSA) is 56.5 Å². The lowest BCUT2D eigenvalue weighted by Gasteiger charge is -2.11. The van der Waals surface area contributed by atoms with Gasteiger partial charge in [0.05, 0.1) is 19.9 Å². The molecule has 1 N–H and O–H groups in total. The van der Waals surface area contributed by atoms with Gasteiger partial charge in [-0.15, -0.1) is 0 Å². The molecule has 11 heavy (non-hydrogen) atoms. The molecule has 1 heterocycles. The second-order valence-corrected chi connectivity index (χ2v) is 9.26. The average molecular weight is 171 g/mol. The SMILES string of the molecule is C[Si](C)(C)[C@@H]1O[C@H]1C(O)C#N. The van der Waals surface area contributed by atoms with Gasteiger partial charge in [-0.3, -0.25) is 0 Å². The van der Waals surface area contributed by atoms with E-state index in [1.54, 1.807) is 6.07 Å². The van der Waals surface area contributed by atoms with E-state index in [1.165, 1.54) is 0 Å². The van der Waals surface area contributed by atoms with Crippen LogP contribution >= 0.6 is 0 Å². The standard InChI is InChI=1S/C7H13NO2Si/c1-11(2,3)7-6(10-7)5(9)4-8/h5-7,9H,1-3H3/t5?,6-,7-/m0/s1. The highest BCUT2D eigenvalue weighted by molar-refractivity contribution is 6.78. The first-order chi connectivity index (χ1) is 4.96. The van der Waals surface area contributed by atoms with Gasteiger partial charge in [-0.05, 0) is 0 Å². The highest BCUT2D eigenvalue weighted by Crippen LogP contribution is 2.33. The Balaban J connectivity index is 2.45. The molecule has 1 rings (SSSR count). The molecule has 3 nitrogen and oxygen atoms in total. The van der Waals surface area contributed by atoms with E-state index in [0.717, 1.165) is 0 Å². The van der Waals surface area contributed by atoms with E-state index < -0.39 is 14.2 Å². The lowest BCUT2D eigenvalue weighted by molar-refractivity contribution is 0.184.